The van der Waals surface area contributed by atoms with Gasteiger partial charge in [0.15, 0.2) is 6.29 Å². The predicted octanol–water partition coefficient (Wildman–Crippen LogP) is 2.06. The fourth-order valence-corrected chi connectivity index (χ4v) is 2.50. The van der Waals surface area contributed by atoms with E-state index in [9.17, 15) is 13.2 Å². The molecule has 0 amide bonds. The quantitative estimate of drug-likeness (QED) is 0.792. The molecule has 0 aliphatic rings. The third-order valence-electron chi connectivity index (χ3n) is 2.74. The van der Waals surface area contributed by atoms with Crippen molar-refractivity contribution >= 4 is 27.7 Å². The van der Waals surface area contributed by atoms with E-state index in [2.05, 4.69) is 5.10 Å². The molecule has 0 atom stereocenters. The smallest absolute Gasteiger partial charge is 0.153 e. The van der Waals surface area contributed by atoms with Crippen molar-refractivity contribution in [1.82, 2.24) is 9.78 Å². The van der Waals surface area contributed by atoms with Gasteiger partial charge in [0, 0.05) is 18.0 Å². The maximum atomic E-state index is 11.2. The molecule has 0 N–H and O–H groups in total. The number of aldehydes is 1. The van der Waals surface area contributed by atoms with Crippen molar-refractivity contribution in [2.24, 2.45) is 0 Å². The molecule has 1 aromatic heterocycles. The number of sulfone groups is 1. The van der Waals surface area contributed by atoms with Crippen LogP contribution in [-0.4, -0.2) is 36.5 Å². The summed E-state index contributed by atoms with van der Waals surface area (Å²) in [4.78, 5) is 11.1. The van der Waals surface area contributed by atoms with Gasteiger partial charge in [-0.2, -0.15) is 5.10 Å². The summed E-state index contributed by atoms with van der Waals surface area (Å²) >= 11 is 6.09. The van der Waals surface area contributed by atoms with Crippen LogP contribution in [0.3, 0.4) is 0 Å². The molecule has 0 radical (unpaired) electrons. The van der Waals surface area contributed by atoms with Gasteiger partial charge in [-0.25, -0.2) is 8.42 Å². The average molecular weight is 313 g/mol. The lowest BCUT2D eigenvalue weighted by Gasteiger charge is -2.01. The Bertz CT molecular complexity index is 738. The Morgan fingerprint density at radius 3 is 2.65 bits per heavy atom. The number of hydrogen-bond donors (Lipinski definition) is 0. The fourth-order valence-electron chi connectivity index (χ4n) is 1.76. The summed E-state index contributed by atoms with van der Waals surface area (Å²) in [5.74, 6) is -0.0328. The molecule has 1 heterocycles. The Balaban J connectivity index is 2.37. The van der Waals surface area contributed by atoms with Crippen LogP contribution in [0.1, 0.15) is 10.4 Å². The van der Waals surface area contributed by atoms with Crippen LogP contribution in [-0.2, 0) is 16.4 Å². The van der Waals surface area contributed by atoms with Gasteiger partial charge in [0.2, 0.25) is 0 Å². The second-order valence-corrected chi connectivity index (χ2v) is 7.09. The zero-order chi connectivity index (χ0) is 14.8. The third-order valence-corrected chi connectivity index (χ3v) is 3.99. The first-order valence-corrected chi connectivity index (χ1v) is 8.30. The Labute approximate surface area is 122 Å². The van der Waals surface area contributed by atoms with E-state index >= 15 is 0 Å². The first-order valence-electron chi connectivity index (χ1n) is 5.86. The van der Waals surface area contributed by atoms with Crippen molar-refractivity contribution in [2.75, 3.05) is 12.0 Å². The molecule has 0 spiro atoms. The molecule has 2 aromatic rings. The van der Waals surface area contributed by atoms with Crippen LogP contribution < -0.4 is 0 Å². The molecular weight excluding hydrogens is 300 g/mol. The third kappa shape index (κ3) is 3.46. The van der Waals surface area contributed by atoms with E-state index in [0.29, 0.717) is 28.1 Å². The second kappa shape index (κ2) is 5.76. The van der Waals surface area contributed by atoms with E-state index in [1.807, 2.05) is 0 Å². The molecule has 0 saturated carbocycles. The van der Waals surface area contributed by atoms with Crippen LogP contribution in [0.25, 0.3) is 11.3 Å². The van der Waals surface area contributed by atoms with E-state index in [4.69, 9.17) is 11.6 Å². The van der Waals surface area contributed by atoms with E-state index in [-0.39, 0.29) is 12.3 Å². The monoisotopic (exact) mass is 312 g/mol. The predicted molar refractivity (Wildman–Crippen MR) is 77.8 cm³/mol. The Morgan fingerprint density at radius 1 is 1.35 bits per heavy atom. The number of aromatic nitrogens is 2. The minimum absolute atomic E-state index is 0.0328. The minimum atomic E-state index is -3.08. The summed E-state index contributed by atoms with van der Waals surface area (Å²) in [6.07, 6.45) is 3.37. The Hall–Kier alpha value is -1.66. The van der Waals surface area contributed by atoms with E-state index in [1.54, 1.807) is 24.3 Å². The molecule has 0 aliphatic carbocycles. The lowest BCUT2D eigenvalue weighted by molar-refractivity contribution is 0.112. The van der Waals surface area contributed by atoms with Crippen molar-refractivity contribution in [3.63, 3.8) is 0 Å². The standard InChI is InChI=1S/C13H13ClN2O3S/c1-20(18,19)7-6-16-8-10(9-17)13(15-16)11-4-2-3-5-12(11)14/h2-5,8-9H,6-7H2,1H3. The number of halogens is 1. The summed E-state index contributed by atoms with van der Waals surface area (Å²) in [6, 6.07) is 7.05. The zero-order valence-electron chi connectivity index (χ0n) is 10.8. The van der Waals surface area contributed by atoms with Crippen LogP contribution in [0.2, 0.25) is 5.02 Å². The molecule has 0 saturated heterocycles. The summed E-state index contributed by atoms with van der Waals surface area (Å²) in [5.41, 5.74) is 1.49. The molecular formula is C13H13ClN2O3S. The molecule has 1 aromatic carbocycles. The Morgan fingerprint density at radius 2 is 2.05 bits per heavy atom. The number of nitrogens with zero attached hydrogens (tertiary/aromatic N) is 2. The number of hydrogen-bond acceptors (Lipinski definition) is 4. The number of benzene rings is 1. The van der Waals surface area contributed by atoms with E-state index in [0.717, 1.165) is 6.26 Å². The molecule has 5 nitrogen and oxygen atoms in total. The highest BCUT2D eigenvalue weighted by molar-refractivity contribution is 7.90. The first kappa shape index (κ1) is 14.7. The Kier molecular flexibility index (Phi) is 4.25. The summed E-state index contributed by atoms with van der Waals surface area (Å²) < 4.78 is 23.8. The summed E-state index contributed by atoms with van der Waals surface area (Å²) in [6.45, 7) is 0.199. The molecule has 0 unspecified atom stereocenters. The summed E-state index contributed by atoms with van der Waals surface area (Å²) in [5, 5.41) is 4.74. The highest BCUT2D eigenvalue weighted by Crippen LogP contribution is 2.28. The zero-order valence-corrected chi connectivity index (χ0v) is 12.4. The highest BCUT2D eigenvalue weighted by atomic mass is 35.5. The van der Waals surface area contributed by atoms with Crippen LogP contribution in [0, 0.1) is 0 Å². The van der Waals surface area contributed by atoms with Crippen LogP contribution >= 0.6 is 11.6 Å². The molecule has 7 heteroatoms. The van der Waals surface area contributed by atoms with Crippen molar-refractivity contribution in [1.29, 1.82) is 0 Å². The van der Waals surface area contributed by atoms with Gasteiger partial charge in [0.05, 0.1) is 22.9 Å². The molecule has 2 rings (SSSR count). The first-order chi connectivity index (χ1) is 9.40. The molecule has 0 bridgehead atoms. The highest BCUT2D eigenvalue weighted by Gasteiger charge is 2.14. The maximum Gasteiger partial charge on any atom is 0.153 e. The van der Waals surface area contributed by atoms with Crippen molar-refractivity contribution in [2.45, 2.75) is 6.54 Å². The fraction of sp³-hybridized carbons (Fsp3) is 0.231. The minimum Gasteiger partial charge on any atom is -0.298 e. The van der Waals surface area contributed by atoms with Gasteiger partial charge in [0.1, 0.15) is 15.5 Å². The molecule has 106 valence electrons. The average Bonchev–Trinajstić information content (AvgIpc) is 2.79. The van der Waals surface area contributed by atoms with Crippen molar-refractivity contribution in [3.8, 4) is 11.3 Å². The lowest BCUT2D eigenvalue weighted by Crippen LogP contribution is -2.11. The second-order valence-electron chi connectivity index (χ2n) is 4.42. The summed E-state index contributed by atoms with van der Waals surface area (Å²) in [7, 11) is -3.08. The normalized spacial score (nSPS) is 11.5. The van der Waals surface area contributed by atoms with Gasteiger partial charge >= 0.3 is 0 Å². The number of carbonyl (C=O) groups is 1. The number of aryl methyl sites for hydroxylation is 1. The van der Waals surface area contributed by atoms with Crippen molar-refractivity contribution < 1.29 is 13.2 Å². The van der Waals surface area contributed by atoms with E-state index < -0.39 is 9.84 Å². The largest absolute Gasteiger partial charge is 0.298 e. The number of rotatable bonds is 5. The van der Waals surface area contributed by atoms with Gasteiger partial charge in [-0.15, -0.1) is 0 Å². The molecule has 20 heavy (non-hydrogen) atoms. The van der Waals surface area contributed by atoms with Crippen molar-refractivity contribution in [3.05, 3.63) is 41.0 Å². The van der Waals surface area contributed by atoms with Crippen LogP contribution in [0.4, 0.5) is 0 Å². The molecule has 0 fully saturated rings. The van der Waals surface area contributed by atoms with Gasteiger partial charge in [-0.3, -0.25) is 9.48 Å². The number of carbonyl (C=O) groups excluding carboxylic acids is 1. The maximum absolute atomic E-state index is 11.2. The molecule has 0 aliphatic heterocycles. The topological polar surface area (TPSA) is 69.0 Å². The van der Waals surface area contributed by atoms with Crippen LogP contribution in [0.5, 0.6) is 0 Å². The van der Waals surface area contributed by atoms with E-state index in [1.165, 1.54) is 10.9 Å². The van der Waals surface area contributed by atoms with Gasteiger partial charge in [-0.05, 0) is 6.07 Å². The van der Waals surface area contributed by atoms with Gasteiger partial charge in [-0.1, -0.05) is 29.8 Å². The lowest BCUT2D eigenvalue weighted by atomic mass is 10.1. The van der Waals surface area contributed by atoms with Gasteiger partial charge < -0.3 is 0 Å². The van der Waals surface area contributed by atoms with Gasteiger partial charge in [0.25, 0.3) is 0 Å². The SMILES string of the molecule is CS(=O)(=O)CCn1cc(C=O)c(-c2ccccc2Cl)n1. The van der Waals surface area contributed by atoms with Crippen LogP contribution in [0.15, 0.2) is 30.5 Å².